The minimum absolute atomic E-state index is 0.128. The van der Waals surface area contributed by atoms with Crippen LogP contribution in [0.5, 0.6) is 10.8 Å². The number of ether oxygens (including phenoxy) is 1. The normalized spacial score (nSPS) is 12.2. The Labute approximate surface area is 118 Å². The predicted octanol–water partition coefficient (Wildman–Crippen LogP) is 4.16. The molecule has 1 aromatic heterocycles. The topological polar surface area (TPSA) is 72.6 Å². The van der Waals surface area contributed by atoms with Gasteiger partial charge in [0, 0.05) is 16.0 Å². The summed E-state index contributed by atoms with van der Waals surface area (Å²) in [7, 11) is 0. The van der Waals surface area contributed by atoms with Crippen LogP contribution in [0.25, 0.3) is 0 Å². The number of rotatable bonds is 4. The van der Waals surface area contributed by atoms with Crippen molar-refractivity contribution in [2.45, 2.75) is 13.0 Å². The molecule has 0 unspecified atom stereocenters. The molecular formula is C12H10ClNO4S. The molecule has 0 amide bonds. The number of aliphatic hydroxyl groups excluding tert-OH is 1. The van der Waals surface area contributed by atoms with Gasteiger partial charge in [-0.05, 0) is 25.1 Å². The first-order valence-corrected chi connectivity index (χ1v) is 6.56. The zero-order valence-electron chi connectivity index (χ0n) is 9.87. The smallest absolute Gasteiger partial charge is 0.323 e. The molecule has 5 nitrogen and oxygen atoms in total. The number of hydrogen-bond acceptors (Lipinski definition) is 5. The van der Waals surface area contributed by atoms with E-state index in [2.05, 4.69) is 0 Å². The van der Waals surface area contributed by atoms with Gasteiger partial charge in [0.1, 0.15) is 5.75 Å². The van der Waals surface area contributed by atoms with Crippen molar-refractivity contribution in [2.24, 2.45) is 0 Å². The van der Waals surface area contributed by atoms with Gasteiger partial charge in [-0.2, -0.15) is 0 Å². The summed E-state index contributed by atoms with van der Waals surface area (Å²) in [5.74, 6) is 0.412. The van der Waals surface area contributed by atoms with Crippen LogP contribution in [0, 0.1) is 10.1 Å². The summed E-state index contributed by atoms with van der Waals surface area (Å²) in [6.07, 6.45) is -0.777. The van der Waals surface area contributed by atoms with Crippen LogP contribution in [0.4, 0.5) is 5.69 Å². The molecule has 0 saturated heterocycles. The van der Waals surface area contributed by atoms with Gasteiger partial charge < -0.3 is 9.84 Å². The highest BCUT2D eigenvalue weighted by Crippen LogP contribution is 2.42. The van der Waals surface area contributed by atoms with E-state index in [1.54, 1.807) is 31.2 Å². The number of benzene rings is 1. The highest BCUT2D eigenvalue weighted by molar-refractivity contribution is 7.14. The average Bonchev–Trinajstić information content (AvgIpc) is 2.73. The van der Waals surface area contributed by atoms with Crippen molar-refractivity contribution in [3.8, 4) is 10.8 Å². The first kappa shape index (κ1) is 13.8. The molecule has 0 aliphatic rings. The van der Waals surface area contributed by atoms with Gasteiger partial charge in [0.15, 0.2) is 0 Å². The summed E-state index contributed by atoms with van der Waals surface area (Å²) in [5, 5.41) is 21.0. The molecule has 1 aromatic carbocycles. The van der Waals surface area contributed by atoms with Gasteiger partial charge in [0.2, 0.25) is 0 Å². The zero-order chi connectivity index (χ0) is 14.0. The van der Waals surface area contributed by atoms with E-state index in [0.717, 1.165) is 11.3 Å². The van der Waals surface area contributed by atoms with E-state index in [0.29, 0.717) is 15.6 Å². The molecule has 0 aliphatic heterocycles. The quantitative estimate of drug-likeness (QED) is 0.679. The highest BCUT2D eigenvalue weighted by Gasteiger charge is 2.23. The lowest BCUT2D eigenvalue weighted by Crippen LogP contribution is -1.89. The Hall–Kier alpha value is -1.63. The van der Waals surface area contributed by atoms with Gasteiger partial charge in [-0.3, -0.25) is 10.1 Å². The molecule has 7 heteroatoms. The fourth-order valence-corrected chi connectivity index (χ4v) is 2.54. The Morgan fingerprint density at radius 1 is 1.47 bits per heavy atom. The molecule has 0 aliphatic carbocycles. The van der Waals surface area contributed by atoms with E-state index < -0.39 is 11.0 Å². The summed E-state index contributed by atoms with van der Waals surface area (Å²) in [4.78, 5) is 10.9. The van der Waals surface area contributed by atoms with Crippen molar-refractivity contribution in [1.82, 2.24) is 0 Å². The number of nitrogens with zero attached hydrogens (tertiary/aromatic N) is 1. The number of hydrogen-bond donors (Lipinski definition) is 1. The van der Waals surface area contributed by atoms with Crippen LogP contribution in [-0.2, 0) is 0 Å². The molecule has 1 heterocycles. The minimum atomic E-state index is -0.777. The van der Waals surface area contributed by atoms with Gasteiger partial charge in [0.25, 0.3) is 5.06 Å². The summed E-state index contributed by atoms with van der Waals surface area (Å²) in [5.41, 5.74) is -0.166. The van der Waals surface area contributed by atoms with Crippen molar-refractivity contribution >= 4 is 28.6 Å². The number of aliphatic hydroxyl groups is 1. The van der Waals surface area contributed by atoms with Crippen LogP contribution >= 0.6 is 22.9 Å². The Morgan fingerprint density at radius 3 is 2.79 bits per heavy atom. The average molecular weight is 300 g/mol. The van der Waals surface area contributed by atoms with Gasteiger partial charge in [-0.25, -0.2) is 0 Å². The second-order valence-corrected chi connectivity index (χ2v) is 5.30. The number of halogens is 1. The van der Waals surface area contributed by atoms with Gasteiger partial charge in [-0.1, -0.05) is 29.0 Å². The number of thiophene rings is 1. The van der Waals surface area contributed by atoms with Gasteiger partial charge in [0.05, 0.1) is 11.0 Å². The van der Waals surface area contributed by atoms with E-state index in [1.807, 2.05) is 0 Å². The van der Waals surface area contributed by atoms with Crippen LogP contribution in [0.15, 0.2) is 30.3 Å². The molecule has 1 N–H and O–H groups in total. The third-order valence-electron chi connectivity index (χ3n) is 2.31. The lowest BCUT2D eigenvalue weighted by molar-refractivity contribution is -0.385. The third kappa shape index (κ3) is 3.23. The van der Waals surface area contributed by atoms with E-state index >= 15 is 0 Å². The zero-order valence-corrected chi connectivity index (χ0v) is 11.4. The van der Waals surface area contributed by atoms with E-state index in [1.165, 1.54) is 6.07 Å². The van der Waals surface area contributed by atoms with Crippen LogP contribution in [0.2, 0.25) is 5.02 Å². The van der Waals surface area contributed by atoms with E-state index in [-0.39, 0.29) is 10.8 Å². The summed E-state index contributed by atoms with van der Waals surface area (Å²) < 4.78 is 5.46. The first-order valence-electron chi connectivity index (χ1n) is 5.37. The van der Waals surface area contributed by atoms with Gasteiger partial charge in [-0.15, -0.1) is 0 Å². The summed E-state index contributed by atoms with van der Waals surface area (Å²) in [6, 6.07) is 7.89. The predicted molar refractivity (Wildman–Crippen MR) is 73.1 cm³/mol. The van der Waals surface area contributed by atoms with Gasteiger partial charge >= 0.3 is 5.69 Å². The highest BCUT2D eigenvalue weighted by atomic mass is 35.5. The molecule has 0 fully saturated rings. The Kier molecular flexibility index (Phi) is 4.04. The largest absolute Gasteiger partial charge is 0.440 e. The molecule has 0 saturated carbocycles. The standard InChI is InChI=1S/C12H10ClNO4S/c1-7(15)11-6-10(14(16)17)12(19-11)18-9-4-2-3-8(13)5-9/h2-7,15H,1H3/t7-/m1/s1. The maximum Gasteiger partial charge on any atom is 0.323 e. The first-order chi connectivity index (χ1) is 8.97. The van der Waals surface area contributed by atoms with E-state index in [9.17, 15) is 15.2 Å². The fourth-order valence-electron chi connectivity index (χ4n) is 1.43. The van der Waals surface area contributed by atoms with Crippen LogP contribution in [0.1, 0.15) is 17.9 Å². The Morgan fingerprint density at radius 2 is 2.21 bits per heavy atom. The second kappa shape index (κ2) is 5.56. The lowest BCUT2D eigenvalue weighted by atomic mass is 10.3. The van der Waals surface area contributed by atoms with E-state index in [4.69, 9.17) is 16.3 Å². The molecule has 100 valence electrons. The van der Waals surface area contributed by atoms with Crippen LogP contribution in [0.3, 0.4) is 0 Å². The van der Waals surface area contributed by atoms with Crippen molar-refractivity contribution in [3.63, 3.8) is 0 Å². The Balaban J connectivity index is 2.36. The fraction of sp³-hybridized carbons (Fsp3) is 0.167. The molecule has 0 bridgehead atoms. The molecule has 2 rings (SSSR count). The van der Waals surface area contributed by atoms with Crippen molar-refractivity contribution in [1.29, 1.82) is 0 Å². The summed E-state index contributed by atoms with van der Waals surface area (Å²) >= 11 is 6.86. The van der Waals surface area contributed by atoms with Crippen molar-refractivity contribution in [2.75, 3.05) is 0 Å². The Bertz CT molecular complexity index is 612. The maximum atomic E-state index is 10.9. The van der Waals surface area contributed by atoms with Crippen molar-refractivity contribution < 1.29 is 14.8 Å². The van der Waals surface area contributed by atoms with Crippen LogP contribution in [-0.4, -0.2) is 10.0 Å². The van der Waals surface area contributed by atoms with Crippen molar-refractivity contribution in [3.05, 3.63) is 50.3 Å². The minimum Gasteiger partial charge on any atom is -0.440 e. The molecular weight excluding hydrogens is 290 g/mol. The SMILES string of the molecule is C[C@@H](O)c1cc([N+](=O)[O-])c(Oc2cccc(Cl)c2)s1. The molecule has 19 heavy (non-hydrogen) atoms. The summed E-state index contributed by atoms with van der Waals surface area (Å²) in [6.45, 7) is 1.54. The monoisotopic (exact) mass is 299 g/mol. The second-order valence-electron chi connectivity index (χ2n) is 3.81. The number of nitro groups is 1. The third-order valence-corrected chi connectivity index (χ3v) is 3.72. The molecule has 0 spiro atoms. The van der Waals surface area contributed by atoms with Crippen LogP contribution < -0.4 is 4.74 Å². The maximum absolute atomic E-state index is 10.9. The molecule has 1 atom stereocenters. The molecule has 2 aromatic rings. The lowest BCUT2D eigenvalue weighted by Gasteiger charge is -2.02. The molecule has 0 radical (unpaired) electrons.